The molecule has 5 heteroatoms. The summed E-state index contributed by atoms with van der Waals surface area (Å²) < 4.78 is 7.41. The molecule has 142 valence electrons. The molecule has 1 aromatic heterocycles. The van der Waals surface area contributed by atoms with Crippen LogP contribution in [0.3, 0.4) is 0 Å². The van der Waals surface area contributed by atoms with Gasteiger partial charge in [-0.25, -0.2) is 0 Å². The van der Waals surface area contributed by atoms with Gasteiger partial charge in [0.25, 0.3) is 0 Å². The second kappa shape index (κ2) is 8.88. The van der Waals surface area contributed by atoms with Crippen molar-refractivity contribution in [1.82, 2.24) is 15.1 Å². The molecule has 26 heavy (non-hydrogen) atoms. The Hall–Kier alpha value is -2.30. The van der Waals surface area contributed by atoms with E-state index >= 15 is 0 Å². The van der Waals surface area contributed by atoms with E-state index in [1.807, 2.05) is 30.7 Å². The van der Waals surface area contributed by atoms with Crippen LogP contribution in [0.4, 0.5) is 0 Å². The summed E-state index contributed by atoms with van der Waals surface area (Å²) in [6.45, 7) is 11.9. The number of benzene rings is 1. The normalized spacial score (nSPS) is 11.0. The van der Waals surface area contributed by atoms with Crippen molar-refractivity contribution >= 4 is 5.91 Å². The molecule has 1 aromatic carbocycles. The first-order chi connectivity index (χ1) is 12.3. The van der Waals surface area contributed by atoms with Crippen molar-refractivity contribution < 1.29 is 9.53 Å². The molecule has 0 atom stereocenters. The molecule has 5 nitrogen and oxygen atoms in total. The maximum Gasteiger partial charge on any atom is 0.224 e. The Balaban J connectivity index is 1.94. The van der Waals surface area contributed by atoms with E-state index in [2.05, 4.69) is 37.3 Å². The minimum atomic E-state index is 0.0342. The zero-order valence-corrected chi connectivity index (χ0v) is 16.8. The Bertz CT molecular complexity index is 763. The summed E-state index contributed by atoms with van der Waals surface area (Å²) in [4.78, 5) is 12.4. The molecule has 0 bridgehead atoms. The highest BCUT2D eigenvalue weighted by Gasteiger charge is 2.15. The molecule has 0 saturated heterocycles. The number of hydrogen-bond acceptors (Lipinski definition) is 3. The number of nitrogens with zero attached hydrogens (tertiary/aromatic N) is 2. The number of nitrogens with one attached hydrogen (secondary N) is 1. The van der Waals surface area contributed by atoms with Gasteiger partial charge in [-0.1, -0.05) is 31.5 Å². The van der Waals surface area contributed by atoms with E-state index in [4.69, 9.17) is 4.74 Å². The number of aryl methyl sites for hydroxylation is 2. The highest BCUT2D eigenvalue weighted by molar-refractivity contribution is 5.79. The van der Waals surface area contributed by atoms with E-state index in [1.165, 1.54) is 5.56 Å². The van der Waals surface area contributed by atoms with Gasteiger partial charge in [0.15, 0.2) is 0 Å². The number of aromatic nitrogens is 2. The second-order valence-corrected chi connectivity index (χ2v) is 7.32. The molecule has 0 radical (unpaired) electrons. The van der Waals surface area contributed by atoms with E-state index in [-0.39, 0.29) is 5.91 Å². The van der Waals surface area contributed by atoms with Crippen LogP contribution >= 0.6 is 0 Å². The molecular weight excluding hydrogens is 326 g/mol. The Labute approximate surface area is 156 Å². The van der Waals surface area contributed by atoms with E-state index in [1.54, 1.807) is 7.11 Å². The lowest BCUT2D eigenvalue weighted by Gasteiger charge is -2.11. The molecule has 0 fully saturated rings. The van der Waals surface area contributed by atoms with Crippen LogP contribution in [0.1, 0.15) is 41.9 Å². The summed E-state index contributed by atoms with van der Waals surface area (Å²) in [6, 6.07) is 6.11. The molecule has 1 amide bonds. The number of carbonyl (C=O) groups is 1. The fraction of sp³-hybridized carbons (Fsp3) is 0.524. The summed E-state index contributed by atoms with van der Waals surface area (Å²) >= 11 is 0. The topological polar surface area (TPSA) is 56.1 Å². The van der Waals surface area contributed by atoms with Crippen LogP contribution in [0.2, 0.25) is 0 Å². The van der Waals surface area contributed by atoms with E-state index < -0.39 is 0 Å². The number of carbonyl (C=O) groups excluding carboxylic acids is 1. The van der Waals surface area contributed by atoms with E-state index in [0.29, 0.717) is 18.9 Å². The molecule has 0 saturated carbocycles. The SMILES string of the molecule is COc1ccc(C)cc1CCNC(=O)Cc1c(C)nn(CC(C)C)c1C. The molecule has 1 N–H and O–H groups in total. The molecule has 0 spiro atoms. The molecule has 0 aliphatic carbocycles. The molecular formula is C21H31N3O2. The van der Waals surface area contributed by atoms with Crippen LogP contribution < -0.4 is 10.1 Å². The third-order valence-corrected chi connectivity index (χ3v) is 4.56. The Morgan fingerprint density at radius 2 is 2.00 bits per heavy atom. The average Bonchev–Trinajstić information content (AvgIpc) is 2.82. The standard InChI is InChI=1S/C21H31N3O2/c1-14(2)13-24-17(5)19(16(4)23-24)12-21(25)22-10-9-18-11-15(3)7-8-20(18)26-6/h7-8,11,14H,9-10,12-13H2,1-6H3,(H,22,25). The minimum Gasteiger partial charge on any atom is -0.496 e. The fourth-order valence-corrected chi connectivity index (χ4v) is 3.18. The summed E-state index contributed by atoms with van der Waals surface area (Å²) in [5, 5.41) is 7.61. The predicted octanol–water partition coefficient (Wildman–Crippen LogP) is 3.37. The Morgan fingerprint density at radius 3 is 2.65 bits per heavy atom. The van der Waals surface area contributed by atoms with Gasteiger partial charge in [0.1, 0.15) is 5.75 Å². The van der Waals surface area contributed by atoms with Gasteiger partial charge in [-0.05, 0) is 44.7 Å². The van der Waals surface area contributed by atoms with Gasteiger partial charge >= 0.3 is 0 Å². The quantitative estimate of drug-likeness (QED) is 0.788. The van der Waals surface area contributed by atoms with Gasteiger partial charge in [0.2, 0.25) is 5.91 Å². The van der Waals surface area contributed by atoms with Crippen LogP contribution in [-0.4, -0.2) is 29.3 Å². The molecule has 0 aliphatic heterocycles. The van der Waals surface area contributed by atoms with E-state index in [9.17, 15) is 4.79 Å². The first-order valence-corrected chi connectivity index (χ1v) is 9.25. The minimum absolute atomic E-state index is 0.0342. The van der Waals surface area contributed by atoms with Crippen molar-refractivity contribution in [2.75, 3.05) is 13.7 Å². The maximum absolute atomic E-state index is 12.4. The first kappa shape index (κ1) is 20.0. The fourth-order valence-electron chi connectivity index (χ4n) is 3.18. The zero-order chi connectivity index (χ0) is 19.3. The molecule has 0 unspecified atom stereocenters. The predicted molar refractivity (Wildman–Crippen MR) is 105 cm³/mol. The lowest BCUT2D eigenvalue weighted by molar-refractivity contribution is -0.120. The molecule has 2 rings (SSSR count). The van der Waals surface area contributed by atoms with Crippen molar-refractivity contribution in [3.63, 3.8) is 0 Å². The van der Waals surface area contributed by atoms with Gasteiger partial charge in [-0.2, -0.15) is 5.10 Å². The van der Waals surface area contributed by atoms with Crippen molar-refractivity contribution in [3.05, 3.63) is 46.3 Å². The third kappa shape index (κ3) is 5.10. The summed E-state index contributed by atoms with van der Waals surface area (Å²) in [5.74, 6) is 1.43. The van der Waals surface area contributed by atoms with Gasteiger partial charge in [0, 0.05) is 24.3 Å². The first-order valence-electron chi connectivity index (χ1n) is 9.25. The molecule has 2 aromatic rings. The Morgan fingerprint density at radius 1 is 1.27 bits per heavy atom. The third-order valence-electron chi connectivity index (χ3n) is 4.56. The highest BCUT2D eigenvalue weighted by Crippen LogP contribution is 2.20. The summed E-state index contributed by atoms with van der Waals surface area (Å²) in [7, 11) is 1.67. The van der Waals surface area contributed by atoms with Crippen LogP contribution in [0.25, 0.3) is 0 Å². The number of hydrogen-bond donors (Lipinski definition) is 1. The summed E-state index contributed by atoms with van der Waals surface area (Å²) in [6.07, 6.45) is 1.13. The van der Waals surface area contributed by atoms with Gasteiger partial charge in [0.05, 0.1) is 19.2 Å². The molecule has 1 heterocycles. The van der Waals surface area contributed by atoms with Crippen molar-refractivity contribution in [2.45, 2.75) is 54.0 Å². The Kier molecular flexibility index (Phi) is 6.83. The highest BCUT2D eigenvalue weighted by atomic mass is 16.5. The van der Waals surface area contributed by atoms with Crippen LogP contribution in [0.15, 0.2) is 18.2 Å². The van der Waals surface area contributed by atoms with Crippen molar-refractivity contribution in [3.8, 4) is 5.75 Å². The lowest BCUT2D eigenvalue weighted by atomic mass is 10.1. The van der Waals surface area contributed by atoms with Gasteiger partial charge in [-0.3, -0.25) is 9.48 Å². The number of rotatable bonds is 8. The van der Waals surface area contributed by atoms with Crippen LogP contribution in [0, 0.1) is 26.7 Å². The number of ether oxygens (including phenoxy) is 1. The van der Waals surface area contributed by atoms with Crippen molar-refractivity contribution in [1.29, 1.82) is 0 Å². The van der Waals surface area contributed by atoms with Crippen LogP contribution in [-0.2, 0) is 24.2 Å². The lowest BCUT2D eigenvalue weighted by Crippen LogP contribution is -2.27. The zero-order valence-electron chi connectivity index (χ0n) is 16.8. The number of amides is 1. The molecule has 0 aliphatic rings. The van der Waals surface area contributed by atoms with Gasteiger partial charge < -0.3 is 10.1 Å². The summed E-state index contributed by atoms with van der Waals surface area (Å²) in [5.41, 5.74) is 5.38. The van der Waals surface area contributed by atoms with Crippen LogP contribution in [0.5, 0.6) is 5.75 Å². The number of methoxy groups -OCH3 is 1. The monoisotopic (exact) mass is 357 g/mol. The van der Waals surface area contributed by atoms with Crippen molar-refractivity contribution in [2.24, 2.45) is 5.92 Å². The largest absolute Gasteiger partial charge is 0.496 e. The maximum atomic E-state index is 12.4. The average molecular weight is 357 g/mol. The second-order valence-electron chi connectivity index (χ2n) is 7.32. The van der Waals surface area contributed by atoms with E-state index in [0.717, 1.165) is 41.2 Å². The van der Waals surface area contributed by atoms with Gasteiger partial charge in [-0.15, -0.1) is 0 Å². The smallest absolute Gasteiger partial charge is 0.224 e.